The van der Waals surface area contributed by atoms with Crippen LogP contribution < -0.4 is 15.8 Å². The number of anilines is 2. The maximum atomic E-state index is 12.7. The number of ketones is 1. The molecule has 1 spiro atoms. The van der Waals surface area contributed by atoms with Crippen LogP contribution >= 0.6 is 0 Å². The Morgan fingerprint density at radius 3 is 2.60 bits per heavy atom. The summed E-state index contributed by atoms with van der Waals surface area (Å²) in [6.45, 7) is 4.34. The number of aromatic nitrogens is 2. The second-order valence-corrected chi connectivity index (χ2v) is 11.5. The molecule has 3 fully saturated rings. The third-order valence-corrected chi connectivity index (χ3v) is 8.90. The van der Waals surface area contributed by atoms with Crippen molar-refractivity contribution < 1.29 is 9.53 Å². The predicted octanol–water partition coefficient (Wildman–Crippen LogP) is 5.75. The highest BCUT2D eigenvalue weighted by Gasteiger charge is 2.53. The van der Waals surface area contributed by atoms with Crippen LogP contribution in [-0.2, 0) is 11.0 Å². The lowest BCUT2D eigenvalue weighted by Crippen LogP contribution is -2.35. The number of pyridine rings is 2. The van der Waals surface area contributed by atoms with Crippen LogP contribution in [0.5, 0.6) is 5.88 Å². The SMILES string of the molecule is C[C@H]1CC(=O)c2ccc(Nc3cc4c([C@](C)(N)C5CC5)cnc(OC5CC5)c4cn3)cc2C12CC2. The molecule has 2 atom stereocenters. The molecule has 4 aliphatic carbocycles. The van der Waals surface area contributed by atoms with Crippen molar-refractivity contribution in [1.29, 1.82) is 0 Å². The molecule has 6 nitrogen and oxygen atoms in total. The number of nitrogens with one attached hydrogen (secondary N) is 1. The molecule has 35 heavy (non-hydrogen) atoms. The van der Waals surface area contributed by atoms with Gasteiger partial charge in [0.2, 0.25) is 5.88 Å². The Kier molecular flexibility index (Phi) is 4.42. The molecule has 4 aliphatic rings. The van der Waals surface area contributed by atoms with E-state index in [1.807, 2.05) is 24.5 Å². The summed E-state index contributed by atoms with van der Waals surface area (Å²) in [4.78, 5) is 22.1. The standard InChI is InChI=1S/C29H32N4O2/c1-16-11-25(34)20-8-5-18(12-23(20)29(16)9-10-29)33-26-13-21-22(14-31-26)27(35-19-6-7-19)32-15-24(21)28(2,30)17-3-4-17/h5,8,12-17,19H,3-4,6-7,9-11,30H2,1-2H3,(H,31,33)/t16-,28+/m0/s1. The molecule has 2 heterocycles. The van der Waals surface area contributed by atoms with Gasteiger partial charge in [0, 0.05) is 35.6 Å². The predicted molar refractivity (Wildman–Crippen MR) is 136 cm³/mol. The fourth-order valence-corrected chi connectivity index (χ4v) is 6.12. The highest BCUT2D eigenvalue weighted by Crippen LogP contribution is 2.58. The summed E-state index contributed by atoms with van der Waals surface area (Å²) in [5.74, 6) is 2.55. The average molecular weight is 469 g/mol. The minimum atomic E-state index is -0.442. The average Bonchev–Trinajstić information content (AvgIpc) is 3.68. The first-order chi connectivity index (χ1) is 16.8. The molecule has 0 radical (unpaired) electrons. The lowest BCUT2D eigenvalue weighted by molar-refractivity contribution is 0.0937. The molecule has 3 saturated carbocycles. The number of nitrogens with two attached hydrogens (primary N) is 1. The second-order valence-electron chi connectivity index (χ2n) is 11.5. The first-order valence-electron chi connectivity index (χ1n) is 13.0. The molecule has 180 valence electrons. The van der Waals surface area contributed by atoms with Crippen molar-refractivity contribution in [2.45, 2.75) is 75.9 Å². The van der Waals surface area contributed by atoms with E-state index in [1.165, 1.54) is 18.4 Å². The van der Waals surface area contributed by atoms with Crippen molar-refractivity contribution in [1.82, 2.24) is 9.97 Å². The fourth-order valence-electron chi connectivity index (χ4n) is 6.12. The van der Waals surface area contributed by atoms with Gasteiger partial charge in [-0.1, -0.05) is 6.92 Å². The van der Waals surface area contributed by atoms with Gasteiger partial charge in [0.25, 0.3) is 0 Å². The molecule has 3 N–H and O–H groups in total. The van der Waals surface area contributed by atoms with E-state index < -0.39 is 5.54 Å². The number of fused-ring (bicyclic) bond motifs is 3. The number of rotatable bonds is 6. The number of nitrogens with zero attached hydrogens (tertiary/aromatic N) is 2. The van der Waals surface area contributed by atoms with Crippen LogP contribution in [0.4, 0.5) is 11.5 Å². The minimum absolute atomic E-state index is 0.178. The number of carbonyl (C=O) groups is 1. The summed E-state index contributed by atoms with van der Waals surface area (Å²) in [6, 6.07) is 8.25. The van der Waals surface area contributed by atoms with E-state index in [0.29, 0.717) is 24.1 Å². The Morgan fingerprint density at radius 1 is 1.09 bits per heavy atom. The van der Waals surface area contributed by atoms with Gasteiger partial charge in [0.1, 0.15) is 11.9 Å². The van der Waals surface area contributed by atoms with Crippen LogP contribution in [0.1, 0.15) is 80.3 Å². The van der Waals surface area contributed by atoms with Crippen LogP contribution in [0.25, 0.3) is 10.8 Å². The number of benzene rings is 1. The summed E-state index contributed by atoms with van der Waals surface area (Å²) in [6.07, 6.45) is 11.5. The minimum Gasteiger partial charge on any atom is -0.474 e. The number of carbonyl (C=O) groups excluding carboxylic acids is 1. The van der Waals surface area contributed by atoms with E-state index in [4.69, 9.17) is 15.5 Å². The molecule has 0 saturated heterocycles. The van der Waals surface area contributed by atoms with E-state index in [0.717, 1.165) is 59.1 Å². The first kappa shape index (κ1) is 21.3. The maximum absolute atomic E-state index is 12.7. The summed E-state index contributed by atoms with van der Waals surface area (Å²) in [5, 5.41) is 5.48. The van der Waals surface area contributed by atoms with E-state index in [1.54, 1.807) is 0 Å². The Morgan fingerprint density at radius 2 is 1.89 bits per heavy atom. The molecule has 0 amide bonds. The van der Waals surface area contributed by atoms with Crippen molar-refractivity contribution >= 4 is 28.1 Å². The third-order valence-electron chi connectivity index (χ3n) is 8.90. The fraction of sp³-hybridized carbons (Fsp3) is 0.483. The van der Waals surface area contributed by atoms with Crippen LogP contribution in [0.15, 0.2) is 36.7 Å². The molecule has 0 aliphatic heterocycles. The van der Waals surface area contributed by atoms with Gasteiger partial charge in [-0.3, -0.25) is 4.79 Å². The first-order valence-corrected chi connectivity index (χ1v) is 13.0. The number of ether oxygens (including phenoxy) is 1. The van der Waals surface area contributed by atoms with Crippen LogP contribution in [-0.4, -0.2) is 21.9 Å². The van der Waals surface area contributed by atoms with Gasteiger partial charge in [-0.05, 0) is 103 Å². The van der Waals surface area contributed by atoms with Gasteiger partial charge < -0.3 is 15.8 Å². The van der Waals surface area contributed by atoms with Gasteiger partial charge in [-0.15, -0.1) is 0 Å². The van der Waals surface area contributed by atoms with Crippen molar-refractivity contribution in [2.24, 2.45) is 17.6 Å². The smallest absolute Gasteiger partial charge is 0.223 e. The van der Waals surface area contributed by atoms with Gasteiger partial charge >= 0.3 is 0 Å². The lowest BCUT2D eigenvalue weighted by Gasteiger charge is -2.31. The van der Waals surface area contributed by atoms with Crippen molar-refractivity contribution in [3.8, 4) is 5.88 Å². The molecule has 7 rings (SSSR count). The zero-order valence-electron chi connectivity index (χ0n) is 20.4. The molecule has 0 bridgehead atoms. The summed E-state index contributed by atoms with van der Waals surface area (Å²) >= 11 is 0. The van der Waals surface area contributed by atoms with E-state index in [9.17, 15) is 4.79 Å². The summed E-state index contributed by atoms with van der Waals surface area (Å²) < 4.78 is 6.11. The Bertz CT molecular complexity index is 1370. The van der Waals surface area contributed by atoms with Gasteiger partial charge in [0.05, 0.1) is 5.39 Å². The zero-order chi connectivity index (χ0) is 23.9. The monoisotopic (exact) mass is 468 g/mol. The van der Waals surface area contributed by atoms with Crippen LogP contribution in [0, 0.1) is 11.8 Å². The van der Waals surface area contributed by atoms with Gasteiger partial charge in [0.15, 0.2) is 5.78 Å². The molecular weight excluding hydrogens is 436 g/mol. The topological polar surface area (TPSA) is 90.1 Å². The lowest BCUT2D eigenvalue weighted by atomic mass is 9.72. The quantitative estimate of drug-likeness (QED) is 0.479. The number of hydrogen-bond donors (Lipinski definition) is 2. The van der Waals surface area contributed by atoms with Crippen LogP contribution in [0.2, 0.25) is 0 Å². The summed E-state index contributed by atoms with van der Waals surface area (Å²) in [7, 11) is 0. The van der Waals surface area contributed by atoms with E-state index >= 15 is 0 Å². The zero-order valence-corrected chi connectivity index (χ0v) is 20.4. The molecule has 3 aromatic rings. The van der Waals surface area contributed by atoms with Crippen molar-refractivity contribution in [2.75, 3.05) is 5.32 Å². The largest absolute Gasteiger partial charge is 0.474 e. The second kappa shape index (κ2) is 7.26. The van der Waals surface area contributed by atoms with Crippen molar-refractivity contribution in [3.05, 3.63) is 53.3 Å². The molecule has 6 heteroatoms. The Labute approximate surface area is 205 Å². The maximum Gasteiger partial charge on any atom is 0.223 e. The van der Waals surface area contributed by atoms with Crippen LogP contribution in [0.3, 0.4) is 0 Å². The van der Waals surface area contributed by atoms with E-state index in [2.05, 4.69) is 36.3 Å². The molecule has 2 aromatic heterocycles. The van der Waals surface area contributed by atoms with Gasteiger partial charge in [-0.25, -0.2) is 9.97 Å². The Balaban J connectivity index is 1.28. The Hall–Kier alpha value is -2.99. The molecule has 0 unspecified atom stereocenters. The molecular formula is C29H32N4O2. The van der Waals surface area contributed by atoms with Gasteiger partial charge in [-0.2, -0.15) is 0 Å². The number of Topliss-reactive ketones (excluding diaryl/α,β-unsaturated/α-hetero) is 1. The molecule has 1 aromatic carbocycles. The summed E-state index contributed by atoms with van der Waals surface area (Å²) in [5.41, 5.74) is 10.7. The highest BCUT2D eigenvalue weighted by atomic mass is 16.5. The normalized spacial score (nSPS) is 24.2. The number of hydrogen-bond acceptors (Lipinski definition) is 6. The van der Waals surface area contributed by atoms with E-state index in [-0.39, 0.29) is 17.3 Å². The highest BCUT2D eigenvalue weighted by molar-refractivity contribution is 6.00. The van der Waals surface area contributed by atoms with Crippen molar-refractivity contribution in [3.63, 3.8) is 0 Å². The third kappa shape index (κ3) is 3.45.